The lowest BCUT2D eigenvalue weighted by Gasteiger charge is -2.47. The topological polar surface area (TPSA) is 46.3 Å². The Bertz CT molecular complexity index is 384. The molecule has 3 aliphatic carbocycles. The molecule has 3 rings (SSSR count). The van der Waals surface area contributed by atoms with E-state index in [1.807, 2.05) is 0 Å². The van der Waals surface area contributed by atoms with Crippen molar-refractivity contribution in [1.29, 1.82) is 0 Å². The van der Waals surface area contributed by atoms with Crippen LogP contribution < -0.4 is 5.73 Å². The molecule has 3 heteroatoms. The first-order valence-electron chi connectivity index (χ1n) is 8.94. The van der Waals surface area contributed by atoms with E-state index in [4.69, 9.17) is 5.73 Å². The Morgan fingerprint density at radius 3 is 2.05 bits per heavy atom. The summed E-state index contributed by atoms with van der Waals surface area (Å²) in [4.78, 5) is 15.4. The zero-order chi connectivity index (χ0) is 15.2. The average Bonchev–Trinajstić information content (AvgIpc) is 3.30. The lowest BCUT2D eigenvalue weighted by atomic mass is 9.60. The lowest BCUT2D eigenvalue weighted by Crippen LogP contribution is -2.53. The second-order valence-electron chi connectivity index (χ2n) is 8.53. The first kappa shape index (κ1) is 15.3. The SMILES string of the molecule is CC1C(N)CCC(C(=O)N(CC2CC2)CC2CC2)C1(C)C. The van der Waals surface area contributed by atoms with Gasteiger partial charge in [0.05, 0.1) is 0 Å². The molecular formula is C18H32N2O. The van der Waals surface area contributed by atoms with Crippen LogP contribution in [0.1, 0.15) is 59.3 Å². The van der Waals surface area contributed by atoms with Crippen molar-refractivity contribution in [2.24, 2.45) is 34.8 Å². The molecule has 3 nitrogen and oxygen atoms in total. The van der Waals surface area contributed by atoms with Gasteiger partial charge in [0.25, 0.3) is 0 Å². The molecule has 2 N–H and O–H groups in total. The van der Waals surface area contributed by atoms with Crippen LogP contribution in [0.4, 0.5) is 0 Å². The molecule has 0 saturated heterocycles. The first-order chi connectivity index (χ1) is 9.89. The molecule has 0 spiro atoms. The van der Waals surface area contributed by atoms with Gasteiger partial charge in [0.15, 0.2) is 0 Å². The molecular weight excluding hydrogens is 260 g/mol. The normalized spacial score (nSPS) is 35.5. The third kappa shape index (κ3) is 3.28. The molecule has 0 heterocycles. The van der Waals surface area contributed by atoms with Crippen LogP contribution in [0.3, 0.4) is 0 Å². The van der Waals surface area contributed by atoms with Gasteiger partial charge in [0, 0.05) is 25.0 Å². The van der Waals surface area contributed by atoms with Crippen LogP contribution in [0.15, 0.2) is 0 Å². The Hall–Kier alpha value is -0.570. The van der Waals surface area contributed by atoms with Crippen molar-refractivity contribution in [3.05, 3.63) is 0 Å². The summed E-state index contributed by atoms with van der Waals surface area (Å²) in [5.41, 5.74) is 6.28. The van der Waals surface area contributed by atoms with Crippen LogP contribution in [-0.4, -0.2) is 29.9 Å². The summed E-state index contributed by atoms with van der Waals surface area (Å²) < 4.78 is 0. The van der Waals surface area contributed by atoms with E-state index in [1.54, 1.807) is 0 Å². The van der Waals surface area contributed by atoms with Crippen molar-refractivity contribution in [3.63, 3.8) is 0 Å². The Morgan fingerprint density at radius 1 is 1.05 bits per heavy atom. The summed E-state index contributed by atoms with van der Waals surface area (Å²) in [6.45, 7) is 8.78. The molecule has 0 aromatic rings. The third-order valence-corrected chi connectivity index (χ3v) is 6.46. The van der Waals surface area contributed by atoms with Crippen LogP contribution >= 0.6 is 0 Å². The van der Waals surface area contributed by atoms with Gasteiger partial charge in [-0.1, -0.05) is 20.8 Å². The highest BCUT2D eigenvalue weighted by atomic mass is 16.2. The van der Waals surface area contributed by atoms with Crippen LogP contribution in [0.25, 0.3) is 0 Å². The minimum atomic E-state index is 0.0279. The van der Waals surface area contributed by atoms with Crippen molar-refractivity contribution in [1.82, 2.24) is 4.90 Å². The maximum absolute atomic E-state index is 13.2. The standard InChI is InChI=1S/C18H32N2O/c1-12-16(19)9-8-15(18(12,2)3)17(21)20(10-13-4-5-13)11-14-6-7-14/h12-16H,4-11,19H2,1-3H3. The highest BCUT2D eigenvalue weighted by molar-refractivity contribution is 5.80. The maximum Gasteiger partial charge on any atom is 0.226 e. The molecule has 21 heavy (non-hydrogen) atoms. The number of nitrogens with two attached hydrogens (primary N) is 1. The van der Waals surface area contributed by atoms with E-state index in [1.165, 1.54) is 25.7 Å². The van der Waals surface area contributed by atoms with Crippen LogP contribution in [0, 0.1) is 29.1 Å². The molecule has 3 saturated carbocycles. The number of carbonyl (C=O) groups excluding carboxylic acids is 1. The van der Waals surface area contributed by atoms with Gasteiger partial charge in [0.2, 0.25) is 5.91 Å². The summed E-state index contributed by atoms with van der Waals surface area (Å²) >= 11 is 0. The van der Waals surface area contributed by atoms with Crippen molar-refractivity contribution in [2.45, 2.75) is 65.3 Å². The molecule has 3 unspecified atom stereocenters. The minimum Gasteiger partial charge on any atom is -0.342 e. The molecule has 0 radical (unpaired) electrons. The fraction of sp³-hybridized carbons (Fsp3) is 0.944. The number of hydrogen-bond donors (Lipinski definition) is 1. The van der Waals surface area contributed by atoms with Crippen LogP contribution in [0.5, 0.6) is 0 Å². The maximum atomic E-state index is 13.2. The van der Waals surface area contributed by atoms with Crippen LogP contribution in [-0.2, 0) is 4.79 Å². The van der Waals surface area contributed by atoms with Gasteiger partial charge in [-0.05, 0) is 61.7 Å². The molecule has 0 aliphatic heterocycles. The number of rotatable bonds is 5. The fourth-order valence-corrected chi connectivity index (χ4v) is 3.99. The molecule has 120 valence electrons. The summed E-state index contributed by atoms with van der Waals surface area (Å²) in [7, 11) is 0. The molecule has 0 aromatic heterocycles. The zero-order valence-electron chi connectivity index (χ0n) is 14.0. The molecule has 0 aromatic carbocycles. The fourth-order valence-electron chi connectivity index (χ4n) is 3.99. The van der Waals surface area contributed by atoms with E-state index in [2.05, 4.69) is 25.7 Å². The summed E-state index contributed by atoms with van der Waals surface area (Å²) in [6.07, 6.45) is 7.27. The number of carbonyl (C=O) groups is 1. The predicted molar refractivity (Wildman–Crippen MR) is 85.7 cm³/mol. The van der Waals surface area contributed by atoms with Crippen molar-refractivity contribution in [2.75, 3.05) is 13.1 Å². The van der Waals surface area contributed by atoms with Gasteiger partial charge in [-0.2, -0.15) is 0 Å². The number of amides is 1. The summed E-state index contributed by atoms with van der Waals surface area (Å²) in [5.74, 6) is 2.60. The van der Waals surface area contributed by atoms with E-state index < -0.39 is 0 Å². The number of nitrogens with zero attached hydrogens (tertiary/aromatic N) is 1. The van der Waals surface area contributed by atoms with Gasteiger partial charge in [-0.3, -0.25) is 4.79 Å². The smallest absolute Gasteiger partial charge is 0.226 e. The Kier molecular flexibility index (Phi) is 4.06. The Labute approximate surface area is 129 Å². The largest absolute Gasteiger partial charge is 0.342 e. The lowest BCUT2D eigenvalue weighted by molar-refractivity contribution is -0.144. The average molecular weight is 292 g/mol. The Balaban J connectivity index is 1.70. The first-order valence-corrected chi connectivity index (χ1v) is 8.94. The minimum absolute atomic E-state index is 0.0279. The van der Waals surface area contributed by atoms with Crippen molar-refractivity contribution in [3.8, 4) is 0 Å². The highest BCUT2D eigenvalue weighted by Crippen LogP contribution is 2.46. The molecule has 3 fully saturated rings. The van der Waals surface area contributed by atoms with Crippen LogP contribution in [0.2, 0.25) is 0 Å². The summed E-state index contributed by atoms with van der Waals surface area (Å²) in [5, 5.41) is 0. The molecule has 3 aliphatic rings. The van der Waals surface area contributed by atoms with Crippen molar-refractivity contribution >= 4 is 5.91 Å². The quantitative estimate of drug-likeness (QED) is 0.846. The second kappa shape index (κ2) is 5.57. The van der Waals surface area contributed by atoms with E-state index in [9.17, 15) is 4.79 Å². The van der Waals surface area contributed by atoms with Gasteiger partial charge in [-0.15, -0.1) is 0 Å². The van der Waals surface area contributed by atoms with Gasteiger partial charge in [-0.25, -0.2) is 0 Å². The second-order valence-corrected chi connectivity index (χ2v) is 8.53. The molecule has 0 bridgehead atoms. The zero-order valence-corrected chi connectivity index (χ0v) is 14.0. The van der Waals surface area contributed by atoms with Crippen molar-refractivity contribution < 1.29 is 4.79 Å². The third-order valence-electron chi connectivity index (χ3n) is 6.46. The van der Waals surface area contributed by atoms with E-state index >= 15 is 0 Å². The number of hydrogen-bond acceptors (Lipinski definition) is 2. The van der Waals surface area contributed by atoms with E-state index in [-0.39, 0.29) is 17.4 Å². The van der Waals surface area contributed by atoms with Gasteiger partial charge in [0.1, 0.15) is 0 Å². The highest BCUT2D eigenvalue weighted by Gasteiger charge is 2.47. The monoisotopic (exact) mass is 292 g/mol. The molecule has 1 amide bonds. The predicted octanol–water partition coefficient (Wildman–Crippen LogP) is 3.03. The molecule has 3 atom stereocenters. The van der Waals surface area contributed by atoms with Gasteiger partial charge >= 0.3 is 0 Å². The van der Waals surface area contributed by atoms with Gasteiger partial charge < -0.3 is 10.6 Å². The summed E-state index contributed by atoms with van der Waals surface area (Å²) in [6, 6.07) is 0.254. The van der Waals surface area contributed by atoms with E-state index in [0.29, 0.717) is 11.8 Å². The Morgan fingerprint density at radius 2 is 1.57 bits per heavy atom. The van der Waals surface area contributed by atoms with E-state index in [0.717, 1.165) is 37.8 Å².